The van der Waals surface area contributed by atoms with Gasteiger partial charge in [-0.3, -0.25) is 4.79 Å². The van der Waals surface area contributed by atoms with Crippen LogP contribution in [0.3, 0.4) is 0 Å². The minimum Gasteiger partial charge on any atom is -0.394 e. The standard InChI is InChI=1S/C17H32O6/c1-2-3-4-5-6-7-8-9-10-13(19)11-17(22)16(21)15(20)14(12-18)23-17/h14-16,18,20-22H,2-12H2,1H3/t14-,15+,16-,17+/m1/s1. The normalized spacial score (nSPS) is 30.7. The van der Waals surface area contributed by atoms with Crippen LogP contribution in [0.2, 0.25) is 0 Å². The molecule has 0 aromatic heterocycles. The average Bonchev–Trinajstić information content (AvgIpc) is 2.74. The maximum absolute atomic E-state index is 11.9. The third-order valence-electron chi connectivity index (χ3n) is 4.46. The Morgan fingerprint density at radius 3 is 2.13 bits per heavy atom. The van der Waals surface area contributed by atoms with E-state index < -0.39 is 30.7 Å². The van der Waals surface area contributed by atoms with Gasteiger partial charge in [-0.15, -0.1) is 0 Å². The lowest BCUT2D eigenvalue weighted by molar-refractivity contribution is -0.231. The third kappa shape index (κ3) is 6.47. The molecule has 136 valence electrons. The summed E-state index contributed by atoms with van der Waals surface area (Å²) in [6.45, 7) is 1.67. The van der Waals surface area contributed by atoms with E-state index in [1.807, 2.05) is 0 Å². The number of Topliss-reactive ketones (excluding diaryl/α,β-unsaturated/α-hetero) is 1. The van der Waals surface area contributed by atoms with Gasteiger partial charge >= 0.3 is 0 Å². The lowest BCUT2D eigenvalue weighted by Crippen LogP contribution is -2.44. The van der Waals surface area contributed by atoms with Crippen molar-refractivity contribution in [2.45, 2.75) is 95.2 Å². The van der Waals surface area contributed by atoms with Crippen molar-refractivity contribution in [3.63, 3.8) is 0 Å². The van der Waals surface area contributed by atoms with Crippen LogP contribution in [-0.2, 0) is 9.53 Å². The molecule has 1 saturated heterocycles. The van der Waals surface area contributed by atoms with Crippen molar-refractivity contribution in [1.29, 1.82) is 0 Å². The highest BCUT2D eigenvalue weighted by Gasteiger charge is 2.53. The fourth-order valence-electron chi connectivity index (χ4n) is 2.99. The van der Waals surface area contributed by atoms with Gasteiger partial charge in [0.2, 0.25) is 5.79 Å². The number of carbonyl (C=O) groups excluding carboxylic acids is 1. The Labute approximate surface area is 138 Å². The summed E-state index contributed by atoms with van der Waals surface area (Å²) >= 11 is 0. The highest BCUT2D eigenvalue weighted by atomic mass is 16.7. The Bertz CT molecular complexity index is 348. The second kappa shape index (κ2) is 10.4. The zero-order valence-corrected chi connectivity index (χ0v) is 14.1. The maximum Gasteiger partial charge on any atom is 0.202 e. The molecule has 23 heavy (non-hydrogen) atoms. The van der Waals surface area contributed by atoms with Gasteiger partial charge < -0.3 is 25.2 Å². The molecule has 6 heteroatoms. The van der Waals surface area contributed by atoms with Gasteiger partial charge in [0.15, 0.2) is 0 Å². The number of ketones is 1. The Morgan fingerprint density at radius 2 is 1.61 bits per heavy atom. The van der Waals surface area contributed by atoms with Crippen molar-refractivity contribution in [2.24, 2.45) is 0 Å². The van der Waals surface area contributed by atoms with Crippen LogP contribution in [0, 0.1) is 0 Å². The topological polar surface area (TPSA) is 107 Å². The average molecular weight is 332 g/mol. The van der Waals surface area contributed by atoms with Gasteiger partial charge in [0.05, 0.1) is 13.0 Å². The minimum atomic E-state index is -2.09. The van der Waals surface area contributed by atoms with E-state index in [1.165, 1.54) is 32.1 Å². The maximum atomic E-state index is 11.9. The molecular weight excluding hydrogens is 300 g/mol. The fraction of sp³-hybridized carbons (Fsp3) is 0.941. The molecular formula is C17H32O6. The Kier molecular flexibility index (Phi) is 9.24. The number of rotatable bonds is 12. The molecule has 1 heterocycles. The number of aliphatic hydroxyl groups excluding tert-OH is 3. The molecule has 1 aliphatic heterocycles. The highest BCUT2D eigenvalue weighted by molar-refractivity contribution is 5.79. The fourth-order valence-corrected chi connectivity index (χ4v) is 2.99. The largest absolute Gasteiger partial charge is 0.394 e. The number of aliphatic hydroxyl groups is 4. The van der Waals surface area contributed by atoms with Crippen LogP contribution in [0.15, 0.2) is 0 Å². The predicted octanol–water partition coefficient (Wildman–Crippen LogP) is 1.28. The van der Waals surface area contributed by atoms with Crippen LogP contribution < -0.4 is 0 Å². The van der Waals surface area contributed by atoms with Crippen molar-refractivity contribution >= 4 is 5.78 Å². The van der Waals surface area contributed by atoms with Crippen molar-refractivity contribution in [2.75, 3.05) is 6.61 Å². The monoisotopic (exact) mass is 332 g/mol. The van der Waals surface area contributed by atoms with Gasteiger partial charge in [0, 0.05) is 6.42 Å². The first-order chi connectivity index (χ1) is 10.9. The Morgan fingerprint density at radius 1 is 1.04 bits per heavy atom. The van der Waals surface area contributed by atoms with Gasteiger partial charge in [0.25, 0.3) is 0 Å². The molecule has 0 aromatic rings. The quantitative estimate of drug-likeness (QED) is 0.401. The van der Waals surface area contributed by atoms with Crippen LogP contribution in [0.5, 0.6) is 0 Å². The first-order valence-electron chi connectivity index (χ1n) is 8.83. The van der Waals surface area contributed by atoms with E-state index >= 15 is 0 Å². The lowest BCUT2D eigenvalue weighted by Gasteiger charge is -2.25. The van der Waals surface area contributed by atoms with Crippen LogP contribution >= 0.6 is 0 Å². The SMILES string of the molecule is CCCCCCCCCCC(=O)C[C@]1(O)O[C@H](CO)[C@H](O)[C@H]1O. The summed E-state index contributed by atoms with van der Waals surface area (Å²) in [5.74, 6) is -2.30. The zero-order valence-electron chi connectivity index (χ0n) is 14.1. The number of hydrogen-bond acceptors (Lipinski definition) is 6. The first kappa shape index (κ1) is 20.5. The molecule has 4 atom stereocenters. The molecule has 6 nitrogen and oxygen atoms in total. The van der Waals surface area contributed by atoms with E-state index in [0.29, 0.717) is 6.42 Å². The number of carbonyl (C=O) groups is 1. The van der Waals surface area contributed by atoms with Crippen LogP contribution in [0.25, 0.3) is 0 Å². The summed E-state index contributed by atoms with van der Waals surface area (Å²) in [5.41, 5.74) is 0. The van der Waals surface area contributed by atoms with Crippen molar-refractivity contribution in [3.8, 4) is 0 Å². The van der Waals surface area contributed by atoms with Crippen molar-refractivity contribution < 1.29 is 30.0 Å². The van der Waals surface area contributed by atoms with Gasteiger partial charge in [-0.25, -0.2) is 0 Å². The highest BCUT2D eigenvalue weighted by Crippen LogP contribution is 2.32. The second-order valence-electron chi connectivity index (χ2n) is 6.56. The van der Waals surface area contributed by atoms with E-state index in [1.54, 1.807) is 0 Å². The summed E-state index contributed by atoms with van der Waals surface area (Å²) in [7, 11) is 0. The number of hydrogen-bond donors (Lipinski definition) is 4. The van der Waals surface area contributed by atoms with E-state index in [9.17, 15) is 20.1 Å². The van der Waals surface area contributed by atoms with E-state index in [0.717, 1.165) is 19.3 Å². The number of ether oxygens (including phenoxy) is 1. The predicted molar refractivity (Wildman–Crippen MR) is 85.8 cm³/mol. The lowest BCUT2D eigenvalue weighted by atomic mass is 9.97. The Balaban J connectivity index is 2.19. The summed E-state index contributed by atoms with van der Waals surface area (Å²) in [5, 5.41) is 38.6. The zero-order chi connectivity index (χ0) is 17.3. The van der Waals surface area contributed by atoms with E-state index in [2.05, 4.69) is 6.92 Å². The molecule has 0 bridgehead atoms. The van der Waals surface area contributed by atoms with E-state index in [-0.39, 0.29) is 12.2 Å². The summed E-state index contributed by atoms with van der Waals surface area (Å²) in [6, 6.07) is 0. The smallest absolute Gasteiger partial charge is 0.202 e. The summed E-state index contributed by atoms with van der Waals surface area (Å²) in [6.07, 6.45) is 4.97. The van der Waals surface area contributed by atoms with Crippen LogP contribution in [0.1, 0.15) is 71.1 Å². The third-order valence-corrected chi connectivity index (χ3v) is 4.46. The van der Waals surface area contributed by atoms with Crippen LogP contribution in [-0.4, -0.2) is 56.9 Å². The summed E-state index contributed by atoms with van der Waals surface area (Å²) in [4.78, 5) is 11.9. The molecule has 0 aliphatic carbocycles. The molecule has 0 spiro atoms. The molecule has 1 aliphatic rings. The molecule has 1 fully saturated rings. The Hall–Kier alpha value is -0.530. The molecule has 4 N–H and O–H groups in total. The second-order valence-corrected chi connectivity index (χ2v) is 6.56. The van der Waals surface area contributed by atoms with Crippen molar-refractivity contribution in [3.05, 3.63) is 0 Å². The molecule has 0 unspecified atom stereocenters. The first-order valence-corrected chi connectivity index (χ1v) is 8.83. The van der Waals surface area contributed by atoms with Gasteiger partial charge in [-0.2, -0.15) is 0 Å². The molecule has 1 rings (SSSR count). The van der Waals surface area contributed by atoms with Gasteiger partial charge in [-0.1, -0.05) is 51.9 Å². The molecule has 0 amide bonds. The van der Waals surface area contributed by atoms with Crippen LogP contribution in [0.4, 0.5) is 0 Å². The van der Waals surface area contributed by atoms with Gasteiger partial charge in [-0.05, 0) is 6.42 Å². The number of unbranched alkanes of at least 4 members (excludes halogenated alkanes) is 7. The van der Waals surface area contributed by atoms with E-state index in [4.69, 9.17) is 9.84 Å². The summed E-state index contributed by atoms with van der Waals surface area (Å²) < 4.78 is 5.06. The molecule has 0 radical (unpaired) electrons. The van der Waals surface area contributed by atoms with Gasteiger partial charge in [0.1, 0.15) is 24.1 Å². The van der Waals surface area contributed by atoms with Crippen molar-refractivity contribution in [1.82, 2.24) is 0 Å². The minimum absolute atomic E-state index is 0.205. The molecule has 0 aromatic carbocycles. The molecule has 0 saturated carbocycles.